The molecule has 20 heteroatoms. The number of nitro benzene ring substituents is 1. The van der Waals surface area contributed by atoms with Gasteiger partial charge in [-0.3, -0.25) is 29.6 Å². The molecule has 14 nitrogen and oxygen atoms in total. The van der Waals surface area contributed by atoms with Gasteiger partial charge in [-0.05, 0) is 62.6 Å². The zero-order chi connectivity index (χ0) is 40.5. The Morgan fingerprint density at radius 3 is 2.25 bits per heavy atom. The number of benzene rings is 3. The summed E-state index contributed by atoms with van der Waals surface area (Å²) in [5.74, 6) is -1.13. The number of ether oxygens (including phenoxy) is 3. The number of nitrogens with one attached hydrogen (secondary N) is 1. The molecule has 1 unspecified atom stereocenters. The fourth-order valence-corrected chi connectivity index (χ4v) is 5.25. The van der Waals surface area contributed by atoms with Crippen molar-refractivity contribution in [3.05, 3.63) is 86.4 Å². The van der Waals surface area contributed by atoms with E-state index >= 15 is 0 Å². The highest BCUT2D eigenvalue weighted by molar-refractivity contribution is 7.51. The molecule has 3 rings (SSSR count). The number of carbonyl (C=O) groups excluding carboxylic acids is 1. The number of nitro groups is 1. The number of hydrogen-bond acceptors (Lipinski definition) is 9. The van der Waals surface area contributed by atoms with Crippen LogP contribution in [0.2, 0.25) is 5.02 Å². The van der Waals surface area contributed by atoms with Crippen molar-refractivity contribution < 1.29 is 61.4 Å². The molecule has 1 atom stereocenters. The predicted octanol–water partition coefficient (Wildman–Crippen LogP) is 7.42. The third-order valence-electron chi connectivity index (χ3n) is 6.68. The van der Waals surface area contributed by atoms with Crippen LogP contribution in [0.5, 0.6) is 17.2 Å². The number of rotatable bonds is 15. The Bertz CT molecular complexity index is 1730. The summed E-state index contributed by atoms with van der Waals surface area (Å²) in [4.78, 5) is 50.4. The van der Waals surface area contributed by atoms with Crippen LogP contribution < -0.4 is 19.7 Å². The van der Waals surface area contributed by atoms with E-state index in [1.54, 1.807) is 18.9 Å². The number of para-hydroxylation sites is 1. The van der Waals surface area contributed by atoms with Gasteiger partial charge in [0.2, 0.25) is 11.7 Å². The standard InChI is InChI=1S/C15H11ClF3NO4.C15H22ClNO2.C3H8NO5P/c1-2-23-14-8-10(4-5-12(14)20(21)22)24-13-6-3-9(7-11(13)16)15(17,18)19;1-5-13-8-6-7-11(2)15(13)17(14(18)9-16)12(3)10-19-4;5-3(6)1-4-2-10(7,8)9/h3-8H,2H2,1H3;6-8,12H,5,9-10H2,1-4H3;4H,1-2H2,(H,5,6)(H2,7,8,9). The van der Waals surface area contributed by atoms with Crippen LogP contribution in [0.3, 0.4) is 0 Å². The van der Waals surface area contributed by atoms with Crippen LogP contribution >= 0.6 is 30.8 Å². The van der Waals surface area contributed by atoms with Crippen molar-refractivity contribution in [2.45, 2.75) is 46.3 Å². The van der Waals surface area contributed by atoms with Crippen molar-refractivity contribution in [3.63, 3.8) is 0 Å². The van der Waals surface area contributed by atoms with E-state index in [4.69, 9.17) is 52.3 Å². The van der Waals surface area contributed by atoms with E-state index in [1.165, 1.54) is 18.2 Å². The Morgan fingerprint density at radius 1 is 1.09 bits per heavy atom. The molecule has 0 fully saturated rings. The Hall–Kier alpha value is -3.96. The molecule has 0 spiro atoms. The van der Waals surface area contributed by atoms with Gasteiger partial charge >= 0.3 is 25.4 Å². The average molecular weight is 815 g/mol. The van der Waals surface area contributed by atoms with Gasteiger partial charge in [-0.2, -0.15) is 13.2 Å². The molecule has 53 heavy (non-hydrogen) atoms. The molecule has 1 amide bonds. The van der Waals surface area contributed by atoms with Gasteiger partial charge in [0.1, 0.15) is 17.4 Å². The van der Waals surface area contributed by atoms with Crippen molar-refractivity contribution in [1.29, 1.82) is 0 Å². The maximum absolute atomic E-state index is 12.6. The molecule has 0 heterocycles. The lowest BCUT2D eigenvalue weighted by Crippen LogP contribution is -2.43. The summed E-state index contributed by atoms with van der Waals surface area (Å²) < 4.78 is 63.6. The molecule has 0 bridgehead atoms. The molecule has 0 saturated carbocycles. The minimum absolute atomic E-state index is 0.0111. The lowest BCUT2D eigenvalue weighted by molar-refractivity contribution is -0.385. The number of amides is 1. The third kappa shape index (κ3) is 16.3. The topological polar surface area (TPSA) is 198 Å². The fraction of sp³-hybridized carbons (Fsp3) is 0.394. The molecule has 0 aromatic heterocycles. The van der Waals surface area contributed by atoms with Crippen molar-refractivity contribution in [1.82, 2.24) is 5.32 Å². The number of carboxylic acids is 1. The first-order chi connectivity index (χ1) is 24.7. The maximum Gasteiger partial charge on any atom is 0.416 e. The van der Waals surface area contributed by atoms with E-state index in [9.17, 15) is 37.4 Å². The Morgan fingerprint density at radius 2 is 1.75 bits per heavy atom. The van der Waals surface area contributed by atoms with Gasteiger partial charge in [0.25, 0.3) is 0 Å². The third-order valence-corrected chi connectivity index (χ3v) is 7.84. The number of aliphatic carboxylic acids is 1. The molecule has 294 valence electrons. The normalized spacial score (nSPS) is 11.6. The molecule has 0 saturated heterocycles. The van der Waals surface area contributed by atoms with Gasteiger partial charge < -0.3 is 34.0 Å². The largest absolute Gasteiger partial charge is 0.487 e. The van der Waals surface area contributed by atoms with Gasteiger partial charge in [0.05, 0.1) is 53.3 Å². The van der Waals surface area contributed by atoms with E-state index < -0.39 is 43.1 Å². The minimum Gasteiger partial charge on any atom is -0.487 e. The molecule has 0 aliphatic heterocycles. The molecular weight excluding hydrogens is 773 g/mol. The van der Waals surface area contributed by atoms with Crippen molar-refractivity contribution in [3.8, 4) is 17.2 Å². The van der Waals surface area contributed by atoms with E-state index in [0.29, 0.717) is 6.61 Å². The van der Waals surface area contributed by atoms with E-state index in [1.807, 2.05) is 26.0 Å². The monoisotopic (exact) mass is 813 g/mol. The number of halogens is 5. The number of carboxylic acid groups (broad SMARTS) is 1. The Balaban J connectivity index is 0.000000432. The van der Waals surface area contributed by atoms with E-state index in [2.05, 4.69) is 18.3 Å². The van der Waals surface area contributed by atoms with Crippen LogP contribution in [0.4, 0.5) is 24.5 Å². The van der Waals surface area contributed by atoms with Crippen molar-refractivity contribution in [2.24, 2.45) is 0 Å². The number of methoxy groups -OCH3 is 1. The molecule has 0 aliphatic carbocycles. The van der Waals surface area contributed by atoms with Gasteiger partial charge in [-0.1, -0.05) is 36.7 Å². The second-order valence-electron chi connectivity index (χ2n) is 10.8. The average Bonchev–Trinajstić information content (AvgIpc) is 3.06. The first kappa shape index (κ1) is 47.1. The maximum atomic E-state index is 12.6. The highest BCUT2D eigenvalue weighted by Crippen LogP contribution is 2.38. The van der Waals surface area contributed by atoms with E-state index in [0.717, 1.165) is 41.4 Å². The van der Waals surface area contributed by atoms with Crippen LogP contribution in [-0.2, 0) is 31.5 Å². The quantitative estimate of drug-likeness (QED) is 0.0514. The van der Waals surface area contributed by atoms with Gasteiger partial charge in [-0.25, -0.2) is 0 Å². The Kier molecular flexibility index (Phi) is 19.8. The zero-order valence-electron chi connectivity index (χ0n) is 29.4. The second-order valence-corrected chi connectivity index (χ2v) is 13.2. The summed E-state index contributed by atoms with van der Waals surface area (Å²) in [5.41, 5.74) is 2.06. The molecular formula is C33H41Cl2F3N3O11P. The zero-order valence-corrected chi connectivity index (χ0v) is 31.8. The summed E-state index contributed by atoms with van der Waals surface area (Å²) in [5, 5.41) is 20.7. The number of carbonyl (C=O) groups is 2. The predicted molar refractivity (Wildman–Crippen MR) is 193 cm³/mol. The summed E-state index contributed by atoms with van der Waals surface area (Å²) >= 11 is 11.6. The SMILES string of the molecule is CCOc1cc(Oc2ccc(C(F)(F)F)cc2Cl)ccc1[N+](=O)[O-].CCc1cccc(C)c1N(C(=O)CCl)C(C)COC.O=C(O)CNCP(=O)(O)O. The van der Waals surface area contributed by atoms with Crippen molar-refractivity contribution >= 4 is 54.0 Å². The molecule has 3 aromatic rings. The summed E-state index contributed by atoms with van der Waals surface area (Å²) in [7, 11) is -2.46. The number of nitrogens with zero attached hydrogens (tertiary/aromatic N) is 2. The molecule has 4 N–H and O–H groups in total. The fourth-order valence-electron chi connectivity index (χ4n) is 4.50. The molecule has 3 aromatic carbocycles. The van der Waals surface area contributed by atoms with Crippen LogP contribution in [0.1, 0.15) is 37.5 Å². The summed E-state index contributed by atoms with van der Waals surface area (Å²) in [6.07, 6.45) is -4.24. The molecule has 0 aliphatic rings. The first-order valence-corrected chi connectivity index (χ1v) is 18.3. The van der Waals surface area contributed by atoms with Crippen molar-refractivity contribution in [2.75, 3.05) is 43.9 Å². The van der Waals surface area contributed by atoms with Gasteiger partial charge in [-0.15, -0.1) is 11.6 Å². The number of hydrogen-bond donors (Lipinski definition) is 4. The second kappa shape index (κ2) is 22.3. The smallest absolute Gasteiger partial charge is 0.416 e. The van der Waals surface area contributed by atoms with Crippen LogP contribution in [0.15, 0.2) is 54.6 Å². The van der Waals surface area contributed by atoms with Gasteiger partial charge in [0.15, 0.2) is 0 Å². The van der Waals surface area contributed by atoms with Crippen LogP contribution in [0.25, 0.3) is 0 Å². The first-order valence-electron chi connectivity index (χ1n) is 15.6. The van der Waals surface area contributed by atoms with Gasteiger partial charge in [0, 0.05) is 19.2 Å². The highest BCUT2D eigenvalue weighted by atomic mass is 35.5. The van der Waals surface area contributed by atoms with Crippen LogP contribution in [0, 0.1) is 17.0 Å². The van der Waals surface area contributed by atoms with Crippen LogP contribution in [-0.4, -0.2) is 76.8 Å². The summed E-state index contributed by atoms with van der Waals surface area (Å²) in [6.45, 7) is 7.98. The Labute approximate surface area is 314 Å². The number of aryl methyl sites for hydroxylation is 2. The highest BCUT2D eigenvalue weighted by Gasteiger charge is 2.31. The van der Waals surface area contributed by atoms with E-state index in [-0.39, 0.29) is 52.4 Å². The minimum atomic E-state index is -4.52. The lowest BCUT2D eigenvalue weighted by atomic mass is 10.0. The summed E-state index contributed by atoms with van der Waals surface area (Å²) in [6, 6.07) is 12.4. The number of anilines is 1. The lowest BCUT2D eigenvalue weighted by Gasteiger charge is -2.31. The molecule has 0 radical (unpaired) electrons. The number of alkyl halides is 4.